The fourth-order valence-electron chi connectivity index (χ4n) is 4.25. The number of likely N-dealkylation sites (tertiary alicyclic amines) is 1. The van der Waals surface area contributed by atoms with Gasteiger partial charge in [0, 0.05) is 36.7 Å². The van der Waals surface area contributed by atoms with E-state index in [0.717, 1.165) is 17.4 Å². The third-order valence-electron chi connectivity index (χ3n) is 6.04. The number of amides is 2. The van der Waals surface area contributed by atoms with Crippen molar-refractivity contribution in [3.8, 4) is 5.75 Å². The molecule has 1 aliphatic heterocycles. The summed E-state index contributed by atoms with van der Waals surface area (Å²) in [5, 5.41) is 3.78. The monoisotopic (exact) mass is 448 g/mol. The molecule has 1 aromatic heterocycles. The van der Waals surface area contributed by atoms with E-state index in [9.17, 15) is 14.4 Å². The summed E-state index contributed by atoms with van der Waals surface area (Å²) in [6.07, 6.45) is 2.18. The van der Waals surface area contributed by atoms with Crippen molar-refractivity contribution in [1.29, 1.82) is 0 Å². The quantitative estimate of drug-likeness (QED) is 0.559. The van der Waals surface area contributed by atoms with Gasteiger partial charge in [0.15, 0.2) is 6.61 Å². The summed E-state index contributed by atoms with van der Waals surface area (Å²) >= 11 is 0. The maximum absolute atomic E-state index is 13.0. The highest BCUT2D eigenvalue weighted by Gasteiger charge is 2.28. The van der Waals surface area contributed by atoms with Crippen molar-refractivity contribution >= 4 is 22.8 Å². The van der Waals surface area contributed by atoms with Gasteiger partial charge in [-0.1, -0.05) is 37.3 Å². The standard InChI is InChI=1S/C26H28N2O5/c1-2-22(18-6-4-3-5-7-18)26(31)28-14-12-20(13-15-28)27-24(29)17-32-21-10-8-19-9-11-25(30)33-23(19)16-21/h3-11,16,20,22H,2,12-15,17H2,1H3,(H,27,29). The summed E-state index contributed by atoms with van der Waals surface area (Å²) in [5.41, 5.74) is 1.03. The Kier molecular flexibility index (Phi) is 7.07. The van der Waals surface area contributed by atoms with E-state index >= 15 is 0 Å². The molecule has 1 fully saturated rings. The van der Waals surface area contributed by atoms with Crippen LogP contribution in [-0.4, -0.2) is 42.5 Å². The van der Waals surface area contributed by atoms with Crippen molar-refractivity contribution < 1.29 is 18.7 Å². The molecule has 7 heteroatoms. The Morgan fingerprint density at radius 3 is 2.55 bits per heavy atom. The molecule has 1 unspecified atom stereocenters. The molecule has 0 aliphatic carbocycles. The molecule has 2 heterocycles. The fraction of sp³-hybridized carbons (Fsp3) is 0.346. The van der Waals surface area contributed by atoms with E-state index in [1.54, 1.807) is 24.3 Å². The molecule has 0 spiro atoms. The van der Waals surface area contributed by atoms with E-state index in [1.807, 2.05) is 42.2 Å². The molecule has 3 aromatic rings. The largest absolute Gasteiger partial charge is 0.484 e. The molecule has 2 amide bonds. The Labute approximate surface area is 192 Å². The molecule has 172 valence electrons. The lowest BCUT2D eigenvalue weighted by atomic mass is 9.93. The van der Waals surface area contributed by atoms with Crippen LogP contribution in [0, 0.1) is 0 Å². The van der Waals surface area contributed by atoms with Crippen LogP contribution in [0.4, 0.5) is 0 Å². The van der Waals surface area contributed by atoms with Gasteiger partial charge in [-0.15, -0.1) is 0 Å². The average Bonchev–Trinajstić information content (AvgIpc) is 2.84. The second-order valence-corrected chi connectivity index (χ2v) is 8.28. The second-order valence-electron chi connectivity index (χ2n) is 8.28. The first-order chi connectivity index (χ1) is 16.0. The van der Waals surface area contributed by atoms with Crippen LogP contribution in [0.15, 0.2) is 69.9 Å². The van der Waals surface area contributed by atoms with Crippen LogP contribution in [0.1, 0.15) is 37.7 Å². The van der Waals surface area contributed by atoms with Crippen molar-refractivity contribution in [3.05, 3.63) is 76.6 Å². The fourth-order valence-corrected chi connectivity index (χ4v) is 4.25. The number of nitrogens with one attached hydrogen (secondary N) is 1. The van der Waals surface area contributed by atoms with Gasteiger partial charge in [-0.05, 0) is 43.0 Å². The van der Waals surface area contributed by atoms with Crippen molar-refractivity contribution in [2.75, 3.05) is 19.7 Å². The van der Waals surface area contributed by atoms with Gasteiger partial charge >= 0.3 is 5.63 Å². The normalized spacial score (nSPS) is 15.2. The van der Waals surface area contributed by atoms with Gasteiger partial charge in [0.2, 0.25) is 5.91 Å². The molecule has 0 radical (unpaired) electrons. The zero-order valence-corrected chi connectivity index (χ0v) is 18.7. The molecule has 33 heavy (non-hydrogen) atoms. The molecular formula is C26H28N2O5. The first kappa shape index (κ1) is 22.6. The average molecular weight is 449 g/mol. The summed E-state index contributed by atoms with van der Waals surface area (Å²) in [5.74, 6) is 0.265. The van der Waals surface area contributed by atoms with E-state index in [1.165, 1.54) is 6.07 Å². The molecular weight excluding hydrogens is 420 g/mol. The Morgan fingerprint density at radius 2 is 1.82 bits per heavy atom. The van der Waals surface area contributed by atoms with Crippen molar-refractivity contribution in [1.82, 2.24) is 10.2 Å². The molecule has 0 saturated carbocycles. The number of nitrogens with zero attached hydrogens (tertiary/aromatic N) is 1. The first-order valence-electron chi connectivity index (χ1n) is 11.3. The number of benzene rings is 2. The van der Waals surface area contributed by atoms with Crippen molar-refractivity contribution in [2.24, 2.45) is 0 Å². The number of fused-ring (bicyclic) bond motifs is 1. The third kappa shape index (κ3) is 5.61. The van der Waals surface area contributed by atoms with Crippen LogP contribution in [0.3, 0.4) is 0 Å². The molecule has 1 aliphatic rings. The number of piperidine rings is 1. The van der Waals surface area contributed by atoms with E-state index in [-0.39, 0.29) is 30.4 Å². The zero-order valence-electron chi connectivity index (χ0n) is 18.7. The Bertz CT molecular complexity index is 1170. The molecule has 1 N–H and O–H groups in total. The molecule has 1 saturated heterocycles. The van der Waals surface area contributed by atoms with Gasteiger partial charge in [-0.2, -0.15) is 0 Å². The number of hydrogen-bond acceptors (Lipinski definition) is 5. The number of ether oxygens (including phenoxy) is 1. The third-order valence-corrected chi connectivity index (χ3v) is 6.04. The minimum Gasteiger partial charge on any atom is -0.484 e. The van der Waals surface area contributed by atoms with Crippen LogP contribution in [0.5, 0.6) is 5.75 Å². The highest BCUT2D eigenvalue weighted by atomic mass is 16.5. The van der Waals surface area contributed by atoms with Crippen molar-refractivity contribution in [3.63, 3.8) is 0 Å². The minimum absolute atomic E-state index is 0.0107. The number of hydrogen-bond donors (Lipinski definition) is 1. The molecule has 0 bridgehead atoms. The van der Waals surface area contributed by atoms with Gasteiger partial charge < -0.3 is 19.4 Å². The Morgan fingerprint density at radius 1 is 1.09 bits per heavy atom. The summed E-state index contributed by atoms with van der Waals surface area (Å²) in [6.45, 7) is 3.15. The minimum atomic E-state index is -0.434. The lowest BCUT2D eigenvalue weighted by molar-refractivity contribution is -0.134. The van der Waals surface area contributed by atoms with E-state index in [4.69, 9.17) is 9.15 Å². The predicted molar refractivity (Wildman–Crippen MR) is 125 cm³/mol. The summed E-state index contributed by atoms with van der Waals surface area (Å²) in [7, 11) is 0. The van der Waals surface area contributed by atoms with Crippen LogP contribution in [-0.2, 0) is 9.59 Å². The van der Waals surface area contributed by atoms with Gasteiger partial charge in [-0.25, -0.2) is 4.79 Å². The van der Waals surface area contributed by atoms with Crippen LogP contribution in [0.2, 0.25) is 0 Å². The molecule has 4 rings (SSSR count). The Balaban J connectivity index is 1.25. The topological polar surface area (TPSA) is 88.9 Å². The summed E-state index contributed by atoms with van der Waals surface area (Å²) < 4.78 is 10.7. The summed E-state index contributed by atoms with van der Waals surface area (Å²) in [6, 6.07) is 18.0. The summed E-state index contributed by atoms with van der Waals surface area (Å²) in [4.78, 5) is 38.7. The lowest BCUT2D eigenvalue weighted by Gasteiger charge is -2.34. The molecule has 1 atom stereocenters. The van der Waals surface area contributed by atoms with E-state index in [0.29, 0.717) is 37.3 Å². The van der Waals surface area contributed by atoms with Gasteiger partial charge in [-0.3, -0.25) is 9.59 Å². The maximum atomic E-state index is 13.0. The van der Waals surface area contributed by atoms with Gasteiger partial charge in [0.25, 0.3) is 5.91 Å². The lowest BCUT2D eigenvalue weighted by Crippen LogP contribution is -2.48. The molecule has 2 aromatic carbocycles. The van der Waals surface area contributed by atoms with Crippen molar-refractivity contribution in [2.45, 2.75) is 38.1 Å². The van der Waals surface area contributed by atoms with E-state index < -0.39 is 5.63 Å². The zero-order chi connectivity index (χ0) is 23.2. The second kappa shape index (κ2) is 10.3. The predicted octanol–water partition coefficient (Wildman–Crippen LogP) is 3.47. The Hall–Kier alpha value is -3.61. The highest BCUT2D eigenvalue weighted by Crippen LogP contribution is 2.24. The first-order valence-corrected chi connectivity index (χ1v) is 11.3. The SMILES string of the molecule is CCC(C(=O)N1CCC(NC(=O)COc2ccc3ccc(=O)oc3c2)CC1)c1ccccc1. The smallest absolute Gasteiger partial charge is 0.336 e. The van der Waals surface area contributed by atoms with Crippen LogP contribution >= 0.6 is 0 Å². The van der Waals surface area contributed by atoms with Crippen LogP contribution in [0.25, 0.3) is 11.0 Å². The molecule has 7 nitrogen and oxygen atoms in total. The number of carbonyl (C=O) groups excluding carboxylic acids is 2. The number of rotatable bonds is 7. The van der Waals surface area contributed by atoms with Crippen LogP contribution < -0.4 is 15.7 Å². The highest BCUT2D eigenvalue weighted by molar-refractivity contribution is 5.84. The number of carbonyl (C=O) groups is 2. The van der Waals surface area contributed by atoms with Gasteiger partial charge in [0.05, 0.1) is 5.92 Å². The van der Waals surface area contributed by atoms with Gasteiger partial charge in [0.1, 0.15) is 11.3 Å². The maximum Gasteiger partial charge on any atom is 0.336 e. The van der Waals surface area contributed by atoms with E-state index in [2.05, 4.69) is 5.32 Å².